The van der Waals surface area contributed by atoms with E-state index in [1.165, 1.54) is 24.5 Å². The van der Waals surface area contributed by atoms with Gasteiger partial charge in [-0.2, -0.15) is 5.26 Å². The maximum atomic E-state index is 12.5. The number of aromatic nitrogens is 2. The van der Waals surface area contributed by atoms with E-state index >= 15 is 0 Å². The predicted molar refractivity (Wildman–Crippen MR) is 83.1 cm³/mol. The highest BCUT2D eigenvalue weighted by Gasteiger charge is 2.19. The van der Waals surface area contributed by atoms with Gasteiger partial charge in [-0.3, -0.25) is 4.72 Å². The molecule has 0 radical (unpaired) electrons. The summed E-state index contributed by atoms with van der Waals surface area (Å²) in [5, 5.41) is 8.79. The highest BCUT2D eigenvalue weighted by atomic mass is 35.5. The van der Waals surface area contributed by atoms with E-state index in [-0.39, 0.29) is 9.92 Å². The van der Waals surface area contributed by atoms with Gasteiger partial charge in [-0.25, -0.2) is 13.4 Å². The third-order valence-electron chi connectivity index (χ3n) is 3.04. The van der Waals surface area contributed by atoms with E-state index in [2.05, 4.69) is 14.7 Å². The topological polar surface area (TPSA) is 98.6 Å². The summed E-state index contributed by atoms with van der Waals surface area (Å²) < 4.78 is 27.4. The molecule has 2 aromatic carbocycles. The largest absolute Gasteiger partial charge is 0.345 e. The van der Waals surface area contributed by atoms with Gasteiger partial charge in [0.2, 0.25) is 0 Å². The lowest BCUT2D eigenvalue weighted by Gasteiger charge is -2.10. The van der Waals surface area contributed by atoms with E-state index in [0.717, 1.165) is 0 Å². The van der Waals surface area contributed by atoms with Crippen LogP contribution in [0.1, 0.15) is 5.56 Å². The number of nitrogens with one attached hydrogen (secondary N) is 2. The third-order valence-corrected chi connectivity index (χ3v) is 4.89. The Morgan fingerprint density at radius 3 is 2.82 bits per heavy atom. The molecule has 0 atom stereocenters. The Hall–Kier alpha value is -2.56. The zero-order valence-corrected chi connectivity index (χ0v) is 12.6. The molecule has 2 N–H and O–H groups in total. The molecule has 0 amide bonds. The van der Waals surface area contributed by atoms with Crippen molar-refractivity contribution in [1.82, 2.24) is 9.97 Å². The summed E-state index contributed by atoms with van der Waals surface area (Å²) in [5.41, 5.74) is 1.86. The first kappa shape index (κ1) is 14.4. The molecule has 0 saturated heterocycles. The Balaban J connectivity index is 2.04. The maximum absolute atomic E-state index is 12.5. The minimum Gasteiger partial charge on any atom is -0.345 e. The van der Waals surface area contributed by atoms with Crippen molar-refractivity contribution in [3.05, 3.63) is 53.3 Å². The van der Waals surface area contributed by atoms with Crippen LogP contribution in [-0.4, -0.2) is 18.4 Å². The first-order valence-corrected chi connectivity index (χ1v) is 8.02. The van der Waals surface area contributed by atoms with Crippen molar-refractivity contribution in [3.63, 3.8) is 0 Å². The molecule has 0 bridgehead atoms. The molecular weight excluding hydrogens is 324 g/mol. The average Bonchev–Trinajstić information content (AvgIpc) is 2.96. The van der Waals surface area contributed by atoms with E-state index in [9.17, 15) is 8.42 Å². The number of sulfonamides is 1. The normalized spacial score (nSPS) is 11.3. The Kier molecular flexibility index (Phi) is 3.48. The number of rotatable bonds is 3. The van der Waals surface area contributed by atoms with E-state index in [1.807, 2.05) is 6.07 Å². The number of nitriles is 1. The standard InChI is InChI=1S/C14H9ClN4O2S/c15-10-6-9(7-16)4-5-13(10)22(20,21)19-12-3-1-2-11-14(12)18-8-17-11/h1-6,8,19H,(H,17,18). The molecule has 0 aliphatic heterocycles. The van der Waals surface area contributed by atoms with Crippen LogP contribution in [0.25, 0.3) is 11.0 Å². The summed E-state index contributed by atoms with van der Waals surface area (Å²) in [6, 6.07) is 11.0. The van der Waals surface area contributed by atoms with Crippen LogP contribution in [0, 0.1) is 11.3 Å². The van der Waals surface area contributed by atoms with Crippen molar-refractivity contribution in [3.8, 4) is 6.07 Å². The molecule has 0 aliphatic rings. The Morgan fingerprint density at radius 1 is 1.27 bits per heavy atom. The molecule has 1 heterocycles. The second kappa shape index (κ2) is 5.33. The van der Waals surface area contributed by atoms with Crippen LogP contribution in [-0.2, 0) is 10.0 Å². The average molecular weight is 333 g/mol. The molecule has 1 aromatic heterocycles. The number of aromatic amines is 1. The molecule has 0 fully saturated rings. The molecular formula is C14H9ClN4O2S. The summed E-state index contributed by atoms with van der Waals surface area (Å²) in [6.07, 6.45) is 1.48. The van der Waals surface area contributed by atoms with Gasteiger partial charge >= 0.3 is 0 Å². The molecule has 0 spiro atoms. The molecule has 0 aliphatic carbocycles. The Morgan fingerprint density at radius 2 is 2.09 bits per heavy atom. The summed E-state index contributed by atoms with van der Waals surface area (Å²) in [6.45, 7) is 0. The SMILES string of the molecule is N#Cc1ccc(S(=O)(=O)Nc2cccc3[nH]cnc23)c(Cl)c1. The minimum atomic E-state index is -3.88. The van der Waals surface area contributed by atoms with Crippen LogP contribution in [0.2, 0.25) is 5.02 Å². The second-order valence-electron chi connectivity index (χ2n) is 4.47. The molecule has 0 saturated carbocycles. The van der Waals surface area contributed by atoms with Gasteiger partial charge in [-0.1, -0.05) is 17.7 Å². The molecule has 3 aromatic rings. The van der Waals surface area contributed by atoms with Crippen molar-refractivity contribution < 1.29 is 8.42 Å². The molecule has 8 heteroatoms. The summed E-state index contributed by atoms with van der Waals surface area (Å²) in [4.78, 5) is 6.90. The van der Waals surface area contributed by atoms with Crippen LogP contribution in [0.4, 0.5) is 5.69 Å². The van der Waals surface area contributed by atoms with Gasteiger partial charge in [0.05, 0.1) is 34.2 Å². The minimum absolute atomic E-state index is 0.0132. The summed E-state index contributed by atoms with van der Waals surface area (Å²) in [5.74, 6) is 0. The maximum Gasteiger partial charge on any atom is 0.263 e. The van der Waals surface area contributed by atoms with Gasteiger partial charge in [0.25, 0.3) is 10.0 Å². The lowest BCUT2D eigenvalue weighted by Crippen LogP contribution is -2.13. The fourth-order valence-corrected chi connectivity index (χ4v) is 3.65. The molecule has 0 unspecified atom stereocenters. The number of halogens is 1. The van der Waals surface area contributed by atoms with Gasteiger partial charge in [-0.15, -0.1) is 0 Å². The number of hydrogen-bond donors (Lipinski definition) is 2. The molecule has 3 rings (SSSR count). The van der Waals surface area contributed by atoms with Gasteiger partial charge in [0.1, 0.15) is 10.4 Å². The van der Waals surface area contributed by atoms with Gasteiger partial charge in [-0.05, 0) is 30.3 Å². The van der Waals surface area contributed by atoms with Crippen LogP contribution in [0.5, 0.6) is 0 Å². The first-order valence-electron chi connectivity index (χ1n) is 6.16. The summed E-state index contributed by atoms with van der Waals surface area (Å²) in [7, 11) is -3.88. The van der Waals surface area contributed by atoms with Crippen molar-refractivity contribution in [2.24, 2.45) is 0 Å². The van der Waals surface area contributed by atoms with Gasteiger partial charge < -0.3 is 4.98 Å². The van der Waals surface area contributed by atoms with Crippen LogP contribution < -0.4 is 4.72 Å². The molecule has 6 nitrogen and oxygen atoms in total. The van der Waals surface area contributed by atoms with Crippen molar-refractivity contribution in [2.45, 2.75) is 4.90 Å². The zero-order valence-electron chi connectivity index (χ0n) is 11.0. The number of imidazole rings is 1. The van der Waals surface area contributed by atoms with Crippen LogP contribution in [0.15, 0.2) is 47.6 Å². The fourth-order valence-electron chi connectivity index (χ4n) is 2.04. The number of para-hydroxylation sites is 1. The van der Waals surface area contributed by atoms with Crippen molar-refractivity contribution >= 4 is 38.3 Å². The van der Waals surface area contributed by atoms with Gasteiger partial charge in [0.15, 0.2) is 0 Å². The van der Waals surface area contributed by atoms with E-state index < -0.39 is 10.0 Å². The first-order chi connectivity index (χ1) is 10.5. The summed E-state index contributed by atoms with van der Waals surface area (Å²) >= 11 is 5.96. The Bertz CT molecular complexity index is 1010. The van der Waals surface area contributed by atoms with E-state index in [1.54, 1.807) is 18.2 Å². The monoisotopic (exact) mass is 332 g/mol. The van der Waals surface area contributed by atoms with E-state index in [4.69, 9.17) is 16.9 Å². The van der Waals surface area contributed by atoms with Crippen molar-refractivity contribution in [2.75, 3.05) is 4.72 Å². The number of nitrogens with zero attached hydrogens (tertiary/aromatic N) is 2. The third kappa shape index (κ3) is 2.50. The Labute approximate surface area is 131 Å². The number of fused-ring (bicyclic) bond motifs is 1. The second-order valence-corrected chi connectivity index (χ2v) is 6.52. The number of anilines is 1. The highest BCUT2D eigenvalue weighted by Crippen LogP contribution is 2.27. The zero-order chi connectivity index (χ0) is 15.7. The molecule has 110 valence electrons. The quantitative estimate of drug-likeness (QED) is 0.770. The lowest BCUT2D eigenvalue weighted by molar-refractivity contribution is 0.601. The molecule has 22 heavy (non-hydrogen) atoms. The smallest absolute Gasteiger partial charge is 0.263 e. The fraction of sp³-hybridized carbons (Fsp3) is 0. The van der Waals surface area contributed by atoms with Crippen molar-refractivity contribution in [1.29, 1.82) is 5.26 Å². The highest BCUT2D eigenvalue weighted by molar-refractivity contribution is 7.92. The van der Waals surface area contributed by atoms with Crippen LogP contribution >= 0.6 is 11.6 Å². The van der Waals surface area contributed by atoms with Crippen LogP contribution in [0.3, 0.4) is 0 Å². The van der Waals surface area contributed by atoms with Gasteiger partial charge in [0, 0.05) is 0 Å². The van der Waals surface area contributed by atoms with E-state index in [0.29, 0.717) is 22.3 Å². The number of benzene rings is 2. The number of H-pyrrole nitrogens is 1. The number of hydrogen-bond acceptors (Lipinski definition) is 4. The lowest BCUT2D eigenvalue weighted by atomic mass is 10.2. The predicted octanol–water partition coefficient (Wildman–Crippen LogP) is 2.89.